The van der Waals surface area contributed by atoms with Gasteiger partial charge in [-0.05, 0) is 42.4 Å². The van der Waals surface area contributed by atoms with Gasteiger partial charge in [-0.15, -0.1) is 0 Å². The summed E-state index contributed by atoms with van der Waals surface area (Å²) in [6.07, 6.45) is 7.01. The summed E-state index contributed by atoms with van der Waals surface area (Å²) in [6, 6.07) is 18.2. The van der Waals surface area contributed by atoms with Crippen LogP contribution in [0.1, 0.15) is 70.4 Å². The van der Waals surface area contributed by atoms with Crippen LogP contribution in [0.3, 0.4) is 0 Å². The molecule has 0 spiro atoms. The van der Waals surface area contributed by atoms with Crippen LogP contribution in [0.15, 0.2) is 65.9 Å². The number of anilines is 2. The van der Waals surface area contributed by atoms with Gasteiger partial charge in [0.15, 0.2) is 5.78 Å². The molecule has 5 nitrogen and oxygen atoms in total. The Morgan fingerprint density at radius 3 is 2.47 bits per heavy atom. The summed E-state index contributed by atoms with van der Waals surface area (Å²) >= 11 is 0. The van der Waals surface area contributed by atoms with E-state index in [0.717, 1.165) is 47.5 Å². The summed E-state index contributed by atoms with van der Waals surface area (Å²) in [4.78, 5) is 29.1. The summed E-state index contributed by atoms with van der Waals surface area (Å²) in [5, 5.41) is 6.90. The van der Waals surface area contributed by atoms with Crippen molar-refractivity contribution in [3.8, 4) is 0 Å². The molecule has 2 aromatic rings. The van der Waals surface area contributed by atoms with Gasteiger partial charge in [-0.2, -0.15) is 0 Å². The van der Waals surface area contributed by atoms with Crippen molar-refractivity contribution in [2.45, 2.75) is 70.9 Å². The fourth-order valence-corrected chi connectivity index (χ4v) is 5.88. The van der Waals surface area contributed by atoms with E-state index in [1.54, 1.807) is 0 Å². The molecule has 5 rings (SSSR count). The van der Waals surface area contributed by atoms with Crippen LogP contribution >= 0.6 is 0 Å². The van der Waals surface area contributed by atoms with E-state index in [-0.39, 0.29) is 35.7 Å². The van der Waals surface area contributed by atoms with Crippen LogP contribution in [0.4, 0.5) is 11.4 Å². The zero-order valence-electron chi connectivity index (χ0n) is 20.3. The number of carbonyl (C=O) groups is 2. The molecule has 0 radical (unpaired) electrons. The molecule has 1 heterocycles. The van der Waals surface area contributed by atoms with E-state index in [9.17, 15) is 9.59 Å². The molecular formula is C29H35N3O2. The fraction of sp³-hybridized carbons (Fsp3) is 0.448. The van der Waals surface area contributed by atoms with Crippen molar-refractivity contribution in [3.05, 3.63) is 71.4 Å². The number of ketones is 1. The van der Waals surface area contributed by atoms with Gasteiger partial charge in [0, 0.05) is 23.7 Å². The minimum atomic E-state index is -0.312. The molecule has 1 atom stereocenters. The Labute approximate surface area is 202 Å². The number of Topliss-reactive ketones (excluding diaryl/α,β-unsaturated/α-hetero) is 1. The van der Waals surface area contributed by atoms with E-state index >= 15 is 0 Å². The molecule has 0 bridgehead atoms. The summed E-state index contributed by atoms with van der Waals surface area (Å²) < 4.78 is 0. The minimum Gasteiger partial charge on any atom is -0.357 e. The molecule has 0 saturated heterocycles. The Balaban J connectivity index is 1.59. The quantitative estimate of drug-likeness (QED) is 0.614. The maximum Gasteiger partial charge on any atom is 0.239 e. The van der Waals surface area contributed by atoms with Gasteiger partial charge < -0.3 is 15.5 Å². The highest BCUT2D eigenvalue weighted by molar-refractivity contribution is 6.01. The first kappa shape index (κ1) is 22.7. The van der Waals surface area contributed by atoms with Gasteiger partial charge in [0.1, 0.15) is 0 Å². The van der Waals surface area contributed by atoms with Crippen LogP contribution in [0, 0.1) is 5.41 Å². The number of hydrogen-bond donors (Lipinski definition) is 2. The van der Waals surface area contributed by atoms with Crippen molar-refractivity contribution in [2.75, 3.05) is 16.8 Å². The fourth-order valence-electron chi connectivity index (χ4n) is 5.88. The van der Waals surface area contributed by atoms with E-state index in [1.807, 2.05) is 36.4 Å². The van der Waals surface area contributed by atoms with Gasteiger partial charge in [0.2, 0.25) is 5.91 Å². The van der Waals surface area contributed by atoms with Crippen molar-refractivity contribution < 1.29 is 9.59 Å². The largest absolute Gasteiger partial charge is 0.357 e. The van der Waals surface area contributed by atoms with Crippen LogP contribution in [0.25, 0.3) is 0 Å². The Bertz CT molecular complexity index is 1100. The molecule has 1 fully saturated rings. The third-order valence-electron chi connectivity index (χ3n) is 7.40. The predicted molar refractivity (Wildman–Crippen MR) is 137 cm³/mol. The molecule has 2 aromatic carbocycles. The molecule has 5 heteroatoms. The number of nitrogens with zero attached hydrogens (tertiary/aromatic N) is 1. The lowest BCUT2D eigenvalue weighted by atomic mass is 9.73. The van der Waals surface area contributed by atoms with Crippen LogP contribution < -0.4 is 15.5 Å². The Kier molecular flexibility index (Phi) is 6.20. The van der Waals surface area contributed by atoms with Gasteiger partial charge in [-0.3, -0.25) is 9.59 Å². The highest BCUT2D eigenvalue weighted by Gasteiger charge is 2.41. The Morgan fingerprint density at radius 2 is 1.71 bits per heavy atom. The van der Waals surface area contributed by atoms with Gasteiger partial charge in [0.25, 0.3) is 0 Å². The van der Waals surface area contributed by atoms with Crippen LogP contribution in [0.5, 0.6) is 0 Å². The molecule has 0 aromatic heterocycles. The second kappa shape index (κ2) is 9.28. The molecule has 0 unspecified atom stereocenters. The number of benzene rings is 2. The van der Waals surface area contributed by atoms with Gasteiger partial charge in [-0.25, -0.2) is 0 Å². The monoisotopic (exact) mass is 457 g/mol. The van der Waals surface area contributed by atoms with Crippen LogP contribution in [-0.4, -0.2) is 24.3 Å². The van der Waals surface area contributed by atoms with Gasteiger partial charge >= 0.3 is 0 Å². The topological polar surface area (TPSA) is 61.4 Å². The average molecular weight is 458 g/mol. The number of rotatable bonds is 4. The first-order chi connectivity index (χ1) is 16.4. The summed E-state index contributed by atoms with van der Waals surface area (Å²) in [5.74, 6) is 0.188. The second-order valence-corrected chi connectivity index (χ2v) is 10.8. The second-order valence-electron chi connectivity index (χ2n) is 10.8. The highest BCUT2D eigenvalue weighted by atomic mass is 16.2. The van der Waals surface area contributed by atoms with E-state index in [1.165, 1.54) is 19.3 Å². The maximum atomic E-state index is 13.7. The Morgan fingerprint density at radius 1 is 1.00 bits per heavy atom. The van der Waals surface area contributed by atoms with Gasteiger partial charge in [0.05, 0.1) is 24.0 Å². The first-order valence-electron chi connectivity index (χ1n) is 12.6. The summed E-state index contributed by atoms with van der Waals surface area (Å²) in [7, 11) is 0. The summed E-state index contributed by atoms with van der Waals surface area (Å²) in [5.41, 5.74) is 4.61. The predicted octanol–water partition coefficient (Wildman–Crippen LogP) is 5.75. The number of hydrogen-bond acceptors (Lipinski definition) is 4. The number of fused-ring (bicyclic) bond motifs is 1. The number of para-hydroxylation sites is 2. The van der Waals surface area contributed by atoms with Gasteiger partial charge in [-0.1, -0.05) is 75.6 Å². The standard InChI is InChI=1S/C29H35N3O2/c1-29(2)17-23-27(25(33)18-29)28(20-11-5-3-6-12-20)32(24-16-10-9-15-22(24)31-23)19-26(34)30-21-13-7-4-8-14-21/h3,5-6,9-12,15-16,21,28,31H,4,7-8,13-14,17-19H2,1-2H3,(H,30,34)/t28-/m0/s1. The molecular weight excluding hydrogens is 422 g/mol. The molecule has 1 saturated carbocycles. The molecule has 3 aliphatic rings. The molecule has 178 valence electrons. The third kappa shape index (κ3) is 4.61. The molecule has 34 heavy (non-hydrogen) atoms. The number of amides is 1. The van der Waals surface area contributed by atoms with Crippen molar-refractivity contribution in [2.24, 2.45) is 5.41 Å². The van der Waals surface area contributed by atoms with Crippen molar-refractivity contribution in [1.29, 1.82) is 0 Å². The highest BCUT2D eigenvalue weighted by Crippen LogP contribution is 2.48. The smallest absolute Gasteiger partial charge is 0.239 e. The minimum absolute atomic E-state index is 0.0234. The zero-order valence-corrected chi connectivity index (χ0v) is 20.3. The first-order valence-corrected chi connectivity index (χ1v) is 12.6. The lowest BCUT2D eigenvalue weighted by molar-refractivity contribution is -0.121. The average Bonchev–Trinajstić information content (AvgIpc) is 2.94. The Hall–Kier alpha value is -3.08. The SMILES string of the molecule is CC1(C)CC(=O)C2=C(C1)Nc1ccccc1N(CC(=O)NC1CCCCC1)[C@H]2c1ccccc1. The van der Waals surface area contributed by atoms with E-state index in [0.29, 0.717) is 6.42 Å². The zero-order chi connectivity index (χ0) is 23.7. The molecule has 1 amide bonds. The maximum absolute atomic E-state index is 13.7. The number of nitrogens with one attached hydrogen (secondary N) is 2. The lowest BCUT2D eigenvalue weighted by Gasteiger charge is -2.38. The van der Waals surface area contributed by atoms with Crippen molar-refractivity contribution >= 4 is 23.1 Å². The third-order valence-corrected chi connectivity index (χ3v) is 7.40. The van der Waals surface area contributed by atoms with Crippen LogP contribution in [0.2, 0.25) is 0 Å². The van der Waals surface area contributed by atoms with E-state index in [2.05, 4.69) is 47.6 Å². The van der Waals surface area contributed by atoms with E-state index in [4.69, 9.17) is 0 Å². The molecule has 2 aliphatic carbocycles. The van der Waals surface area contributed by atoms with E-state index < -0.39 is 0 Å². The van der Waals surface area contributed by atoms with Crippen LogP contribution in [-0.2, 0) is 9.59 Å². The lowest BCUT2D eigenvalue weighted by Crippen LogP contribution is -2.45. The summed E-state index contributed by atoms with van der Waals surface area (Å²) in [6.45, 7) is 4.52. The number of allylic oxidation sites excluding steroid dienone is 1. The normalized spacial score (nSPS) is 22.4. The number of carbonyl (C=O) groups excluding carboxylic acids is 2. The van der Waals surface area contributed by atoms with Crippen molar-refractivity contribution in [3.63, 3.8) is 0 Å². The van der Waals surface area contributed by atoms with Crippen molar-refractivity contribution in [1.82, 2.24) is 5.32 Å². The molecule has 1 aliphatic heterocycles. The molecule has 2 N–H and O–H groups in total.